The van der Waals surface area contributed by atoms with Crippen molar-refractivity contribution < 1.29 is 13.9 Å². The first-order chi connectivity index (χ1) is 8.19. The molecule has 2 aromatic carbocycles. The topological polar surface area (TPSA) is 26.3 Å². The van der Waals surface area contributed by atoms with E-state index in [4.69, 9.17) is 4.74 Å². The third-order valence-electron chi connectivity index (χ3n) is 2.14. The highest BCUT2D eigenvalue weighted by atomic mass is 79.9. The Morgan fingerprint density at radius 1 is 1.06 bits per heavy atom. The molecule has 2 nitrogen and oxygen atoms in total. The lowest BCUT2D eigenvalue weighted by Crippen LogP contribution is -1.87. The summed E-state index contributed by atoms with van der Waals surface area (Å²) in [6.45, 7) is 0. The van der Waals surface area contributed by atoms with Crippen LogP contribution >= 0.6 is 15.9 Å². The number of hydrogen-bond donors (Lipinski definition) is 0. The second-order valence-corrected chi connectivity index (χ2v) is 4.22. The molecular weight excluding hydrogens is 287 g/mol. The van der Waals surface area contributed by atoms with Gasteiger partial charge in [-0.3, -0.25) is 4.79 Å². The minimum Gasteiger partial charge on any atom is -0.457 e. The lowest BCUT2D eigenvalue weighted by molar-refractivity contribution is 0.112. The molecule has 0 aliphatic heterocycles. The van der Waals surface area contributed by atoms with E-state index in [1.165, 1.54) is 6.07 Å². The van der Waals surface area contributed by atoms with Crippen molar-refractivity contribution in [3.05, 3.63) is 58.3 Å². The van der Waals surface area contributed by atoms with Gasteiger partial charge in [-0.05, 0) is 52.3 Å². The minimum absolute atomic E-state index is 0.382. The van der Waals surface area contributed by atoms with Crippen LogP contribution in [0.1, 0.15) is 10.4 Å². The number of rotatable bonds is 3. The lowest BCUT2D eigenvalue weighted by atomic mass is 10.2. The first-order valence-corrected chi connectivity index (χ1v) is 5.66. The van der Waals surface area contributed by atoms with Crippen molar-refractivity contribution >= 4 is 22.2 Å². The number of hydrogen-bond acceptors (Lipinski definition) is 2. The Bertz CT molecular complexity index is 538. The van der Waals surface area contributed by atoms with E-state index in [2.05, 4.69) is 15.9 Å². The minimum atomic E-state index is -0.382. The van der Waals surface area contributed by atoms with Gasteiger partial charge in [0.2, 0.25) is 0 Å². The van der Waals surface area contributed by atoms with Gasteiger partial charge < -0.3 is 4.74 Å². The molecule has 0 amide bonds. The maximum absolute atomic E-state index is 13.2. The van der Waals surface area contributed by atoms with E-state index >= 15 is 0 Å². The Balaban J connectivity index is 2.19. The Kier molecular flexibility index (Phi) is 3.54. The molecule has 0 saturated heterocycles. The molecule has 0 saturated carbocycles. The number of carbonyl (C=O) groups is 1. The van der Waals surface area contributed by atoms with Crippen LogP contribution in [0.2, 0.25) is 0 Å². The SMILES string of the molecule is O=Cc1ccc(Oc2ccc(Br)c(F)c2)cc1. The average molecular weight is 295 g/mol. The molecule has 2 rings (SSSR count). The molecule has 0 atom stereocenters. The predicted octanol–water partition coefficient (Wildman–Crippen LogP) is 4.19. The van der Waals surface area contributed by atoms with Gasteiger partial charge in [0.15, 0.2) is 0 Å². The molecule has 4 heteroatoms. The molecule has 0 fully saturated rings. The van der Waals surface area contributed by atoms with Gasteiger partial charge in [-0.2, -0.15) is 0 Å². The van der Waals surface area contributed by atoms with Gasteiger partial charge in [0, 0.05) is 11.6 Å². The number of halogens is 2. The van der Waals surface area contributed by atoms with Gasteiger partial charge in [0.25, 0.3) is 0 Å². The highest BCUT2D eigenvalue weighted by Crippen LogP contribution is 2.25. The Labute approximate surface area is 106 Å². The highest BCUT2D eigenvalue weighted by Gasteiger charge is 2.02. The van der Waals surface area contributed by atoms with Crippen LogP contribution in [0.25, 0.3) is 0 Å². The molecule has 0 aromatic heterocycles. The summed E-state index contributed by atoms with van der Waals surface area (Å²) in [5, 5.41) is 0. The molecule has 2 aromatic rings. The summed E-state index contributed by atoms with van der Waals surface area (Å²) in [6.07, 6.45) is 0.753. The van der Waals surface area contributed by atoms with E-state index in [-0.39, 0.29) is 5.82 Å². The average Bonchev–Trinajstić information content (AvgIpc) is 2.35. The number of carbonyl (C=O) groups excluding carboxylic acids is 1. The fourth-order valence-corrected chi connectivity index (χ4v) is 1.54. The second kappa shape index (κ2) is 5.10. The van der Waals surface area contributed by atoms with Crippen molar-refractivity contribution in [2.24, 2.45) is 0 Å². The van der Waals surface area contributed by atoms with E-state index in [9.17, 15) is 9.18 Å². The van der Waals surface area contributed by atoms with Gasteiger partial charge in [0.1, 0.15) is 23.6 Å². The molecule has 0 heterocycles. The zero-order valence-corrected chi connectivity index (χ0v) is 10.3. The summed E-state index contributed by atoms with van der Waals surface area (Å²) in [6, 6.07) is 11.1. The molecule has 0 aliphatic rings. The van der Waals surface area contributed by atoms with E-state index < -0.39 is 0 Å². The third-order valence-corrected chi connectivity index (χ3v) is 2.79. The lowest BCUT2D eigenvalue weighted by Gasteiger charge is -2.06. The second-order valence-electron chi connectivity index (χ2n) is 3.36. The highest BCUT2D eigenvalue weighted by molar-refractivity contribution is 9.10. The van der Waals surface area contributed by atoms with Crippen LogP contribution in [-0.4, -0.2) is 6.29 Å². The zero-order valence-electron chi connectivity index (χ0n) is 8.69. The van der Waals surface area contributed by atoms with Gasteiger partial charge >= 0.3 is 0 Å². The van der Waals surface area contributed by atoms with Crippen molar-refractivity contribution in [3.63, 3.8) is 0 Å². The molecule has 0 aliphatic carbocycles. The van der Waals surface area contributed by atoms with E-state index in [1.54, 1.807) is 36.4 Å². The van der Waals surface area contributed by atoms with E-state index in [0.717, 1.165) is 6.29 Å². The summed E-state index contributed by atoms with van der Waals surface area (Å²) in [7, 11) is 0. The first-order valence-electron chi connectivity index (χ1n) is 4.87. The van der Waals surface area contributed by atoms with Gasteiger partial charge in [0.05, 0.1) is 4.47 Å². The maximum atomic E-state index is 13.2. The summed E-state index contributed by atoms with van der Waals surface area (Å²) >= 11 is 3.06. The van der Waals surface area contributed by atoms with Crippen LogP contribution in [0.15, 0.2) is 46.9 Å². The zero-order chi connectivity index (χ0) is 12.3. The van der Waals surface area contributed by atoms with E-state index in [0.29, 0.717) is 21.5 Å². The predicted molar refractivity (Wildman–Crippen MR) is 66.0 cm³/mol. The van der Waals surface area contributed by atoms with Crippen molar-refractivity contribution in [3.8, 4) is 11.5 Å². The summed E-state index contributed by atoms with van der Waals surface area (Å²) < 4.78 is 19.1. The van der Waals surface area contributed by atoms with Gasteiger partial charge in [-0.1, -0.05) is 0 Å². The fourth-order valence-electron chi connectivity index (χ4n) is 1.29. The van der Waals surface area contributed by atoms with Gasteiger partial charge in [-0.25, -0.2) is 4.39 Å². The number of ether oxygens (including phenoxy) is 1. The van der Waals surface area contributed by atoms with Crippen LogP contribution in [0.3, 0.4) is 0 Å². The molecule has 0 spiro atoms. The van der Waals surface area contributed by atoms with Crippen molar-refractivity contribution in [2.75, 3.05) is 0 Å². The van der Waals surface area contributed by atoms with Crippen molar-refractivity contribution in [1.82, 2.24) is 0 Å². The summed E-state index contributed by atoms with van der Waals surface area (Å²) in [4.78, 5) is 10.5. The molecule has 0 radical (unpaired) electrons. The van der Waals surface area contributed by atoms with Crippen LogP contribution in [0, 0.1) is 5.82 Å². The Morgan fingerprint density at radius 3 is 2.29 bits per heavy atom. The Hall–Kier alpha value is -1.68. The fraction of sp³-hybridized carbons (Fsp3) is 0. The number of benzene rings is 2. The quantitative estimate of drug-likeness (QED) is 0.793. The summed E-state index contributed by atoms with van der Waals surface area (Å²) in [5.41, 5.74) is 0.569. The van der Waals surface area contributed by atoms with Crippen molar-refractivity contribution in [2.45, 2.75) is 0 Å². The monoisotopic (exact) mass is 294 g/mol. The van der Waals surface area contributed by atoms with Crippen LogP contribution in [0.4, 0.5) is 4.39 Å². The molecule has 0 N–H and O–H groups in total. The third kappa shape index (κ3) is 2.91. The van der Waals surface area contributed by atoms with Crippen LogP contribution < -0.4 is 4.74 Å². The summed E-state index contributed by atoms with van der Waals surface area (Å²) in [5.74, 6) is 0.578. The van der Waals surface area contributed by atoms with Gasteiger partial charge in [-0.15, -0.1) is 0 Å². The standard InChI is InChI=1S/C13H8BrFO2/c14-12-6-5-11(7-13(12)15)17-10-3-1-9(8-16)2-4-10/h1-8H. The molecule has 0 unspecified atom stereocenters. The van der Waals surface area contributed by atoms with Crippen LogP contribution in [0.5, 0.6) is 11.5 Å². The molecule has 17 heavy (non-hydrogen) atoms. The Morgan fingerprint density at radius 2 is 1.71 bits per heavy atom. The van der Waals surface area contributed by atoms with Crippen LogP contribution in [-0.2, 0) is 0 Å². The maximum Gasteiger partial charge on any atom is 0.150 e. The van der Waals surface area contributed by atoms with Crippen molar-refractivity contribution in [1.29, 1.82) is 0 Å². The number of aldehydes is 1. The largest absolute Gasteiger partial charge is 0.457 e. The molecule has 0 bridgehead atoms. The molecule has 86 valence electrons. The normalized spacial score (nSPS) is 10.0. The van der Waals surface area contributed by atoms with E-state index in [1.807, 2.05) is 0 Å². The first kappa shape index (κ1) is 11.8. The molecular formula is C13H8BrFO2. The smallest absolute Gasteiger partial charge is 0.150 e.